The van der Waals surface area contributed by atoms with Crippen molar-refractivity contribution in [3.8, 4) is 0 Å². The minimum Gasteiger partial charge on any atom is -0.461 e. The van der Waals surface area contributed by atoms with Crippen molar-refractivity contribution in [3.63, 3.8) is 0 Å². The Labute approximate surface area is 156 Å². The summed E-state index contributed by atoms with van der Waals surface area (Å²) in [4.78, 5) is 35.3. The summed E-state index contributed by atoms with van der Waals surface area (Å²) in [5.74, 6) is 1.52. The molecule has 27 heavy (non-hydrogen) atoms. The number of ether oxygens (including phenoxy) is 1. The van der Waals surface area contributed by atoms with Gasteiger partial charge in [0.1, 0.15) is 12.2 Å². The van der Waals surface area contributed by atoms with Crippen LogP contribution in [0.25, 0.3) is 11.0 Å². The largest absolute Gasteiger partial charge is 0.461 e. The van der Waals surface area contributed by atoms with E-state index in [-0.39, 0.29) is 18.5 Å². The van der Waals surface area contributed by atoms with Gasteiger partial charge >= 0.3 is 11.6 Å². The molecular formula is C21H23NO5. The summed E-state index contributed by atoms with van der Waals surface area (Å²) >= 11 is 0. The molecule has 0 radical (unpaired) electrons. The summed E-state index contributed by atoms with van der Waals surface area (Å²) in [6, 6.07) is 6.43. The summed E-state index contributed by atoms with van der Waals surface area (Å²) in [5, 5.41) is 3.34. The number of rotatable bonds is 5. The SMILES string of the molecule is CC(=O)Nc1ccc2c(COC(=O)C[C@@H]3C[C@H]4CC[C@H]3C4)cc(=O)oc2c1. The molecule has 3 atom stereocenters. The number of carbonyl (C=O) groups is 2. The molecule has 1 amide bonds. The zero-order valence-electron chi connectivity index (χ0n) is 15.3. The van der Waals surface area contributed by atoms with Crippen LogP contribution in [-0.2, 0) is 20.9 Å². The highest BCUT2D eigenvalue weighted by molar-refractivity contribution is 5.92. The third-order valence-electron chi connectivity index (χ3n) is 5.85. The first kappa shape index (κ1) is 17.8. The molecule has 2 fully saturated rings. The van der Waals surface area contributed by atoms with E-state index in [0.717, 1.165) is 12.3 Å². The molecule has 2 aliphatic carbocycles. The minimum atomic E-state index is -0.512. The van der Waals surface area contributed by atoms with Crippen LogP contribution in [0.3, 0.4) is 0 Å². The fourth-order valence-electron chi connectivity index (χ4n) is 4.69. The number of hydrogen-bond donors (Lipinski definition) is 1. The zero-order chi connectivity index (χ0) is 19.0. The monoisotopic (exact) mass is 369 g/mol. The molecule has 0 saturated heterocycles. The standard InChI is InChI=1S/C21H23NO5/c1-12(23)22-17-4-5-18-16(9-21(25)27-19(18)10-17)11-26-20(24)8-15-7-13-2-3-14(15)6-13/h4-5,9-10,13-15H,2-3,6-8,11H2,1H3,(H,22,23)/t13-,14-,15-/m0/s1. The predicted molar refractivity (Wildman–Crippen MR) is 100 cm³/mol. The van der Waals surface area contributed by atoms with E-state index in [2.05, 4.69) is 5.32 Å². The van der Waals surface area contributed by atoms with E-state index in [1.807, 2.05) is 0 Å². The molecular weight excluding hydrogens is 346 g/mol. The number of hydrogen-bond acceptors (Lipinski definition) is 5. The van der Waals surface area contributed by atoms with Crippen LogP contribution in [0, 0.1) is 17.8 Å². The van der Waals surface area contributed by atoms with Gasteiger partial charge in [-0.05, 0) is 49.1 Å². The fraction of sp³-hybridized carbons (Fsp3) is 0.476. The number of fused-ring (bicyclic) bond motifs is 3. The normalized spacial score (nSPS) is 23.5. The molecule has 0 spiro atoms. The van der Waals surface area contributed by atoms with Crippen molar-refractivity contribution >= 4 is 28.5 Å². The van der Waals surface area contributed by atoms with Crippen molar-refractivity contribution in [3.05, 3.63) is 40.2 Å². The van der Waals surface area contributed by atoms with Crippen LogP contribution >= 0.6 is 0 Å². The average Bonchev–Trinajstić information content (AvgIpc) is 3.21. The molecule has 0 unspecified atom stereocenters. The van der Waals surface area contributed by atoms with Gasteiger partial charge in [-0.1, -0.05) is 6.42 Å². The van der Waals surface area contributed by atoms with Gasteiger partial charge in [0, 0.05) is 42.1 Å². The highest BCUT2D eigenvalue weighted by atomic mass is 16.5. The van der Waals surface area contributed by atoms with Crippen molar-refractivity contribution < 1.29 is 18.7 Å². The third-order valence-corrected chi connectivity index (χ3v) is 5.85. The van der Waals surface area contributed by atoms with Gasteiger partial charge in [-0.15, -0.1) is 0 Å². The molecule has 2 saturated carbocycles. The quantitative estimate of drug-likeness (QED) is 0.643. The zero-order valence-corrected chi connectivity index (χ0v) is 15.3. The summed E-state index contributed by atoms with van der Waals surface area (Å²) in [6.07, 6.45) is 5.42. The predicted octanol–water partition coefficient (Wildman–Crippen LogP) is 3.62. The Bertz CT molecular complexity index is 947. The van der Waals surface area contributed by atoms with E-state index < -0.39 is 5.63 Å². The van der Waals surface area contributed by atoms with Gasteiger partial charge in [0.15, 0.2) is 0 Å². The fourth-order valence-corrected chi connectivity index (χ4v) is 4.69. The van der Waals surface area contributed by atoms with E-state index in [1.54, 1.807) is 18.2 Å². The Hall–Kier alpha value is -2.63. The summed E-state index contributed by atoms with van der Waals surface area (Å²) < 4.78 is 10.7. The number of esters is 1. The van der Waals surface area contributed by atoms with Gasteiger partial charge in [0.25, 0.3) is 0 Å². The Morgan fingerprint density at radius 1 is 1.22 bits per heavy atom. The molecule has 2 aromatic rings. The van der Waals surface area contributed by atoms with E-state index in [4.69, 9.17) is 9.15 Å². The van der Waals surface area contributed by atoms with Crippen molar-refractivity contribution in [1.29, 1.82) is 0 Å². The van der Waals surface area contributed by atoms with Crippen molar-refractivity contribution in [2.75, 3.05) is 5.32 Å². The second kappa shape index (κ2) is 7.18. The summed E-state index contributed by atoms with van der Waals surface area (Å²) in [6.45, 7) is 1.45. The van der Waals surface area contributed by atoms with Gasteiger partial charge in [-0.3, -0.25) is 9.59 Å². The lowest BCUT2D eigenvalue weighted by molar-refractivity contribution is -0.146. The van der Waals surface area contributed by atoms with Gasteiger partial charge in [-0.2, -0.15) is 0 Å². The topological polar surface area (TPSA) is 85.6 Å². The smallest absolute Gasteiger partial charge is 0.336 e. The summed E-state index contributed by atoms with van der Waals surface area (Å²) in [5.41, 5.74) is 0.995. The molecule has 1 heterocycles. The third kappa shape index (κ3) is 3.89. The van der Waals surface area contributed by atoms with Crippen molar-refractivity contribution in [2.24, 2.45) is 17.8 Å². The maximum Gasteiger partial charge on any atom is 0.336 e. The van der Waals surface area contributed by atoms with Crippen LogP contribution in [0.4, 0.5) is 5.69 Å². The number of anilines is 1. The van der Waals surface area contributed by atoms with Crippen LogP contribution in [0.15, 0.2) is 33.5 Å². The van der Waals surface area contributed by atoms with E-state index >= 15 is 0 Å². The average molecular weight is 369 g/mol. The minimum absolute atomic E-state index is 0.0429. The highest BCUT2D eigenvalue weighted by Crippen LogP contribution is 2.49. The lowest BCUT2D eigenvalue weighted by Gasteiger charge is -2.20. The second-order valence-corrected chi connectivity index (χ2v) is 7.78. The Balaban J connectivity index is 1.45. The van der Waals surface area contributed by atoms with E-state index in [9.17, 15) is 14.4 Å². The lowest BCUT2D eigenvalue weighted by atomic mass is 9.86. The van der Waals surface area contributed by atoms with E-state index in [0.29, 0.717) is 40.5 Å². The molecule has 2 aliphatic rings. The molecule has 6 heteroatoms. The van der Waals surface area contributed by atoms with Crippen molar-refractivity contribution in [1.82, 2.24) is 0 Å². The first-order chi connectivity index (χ1) is 13.0. The molecule has 1 aromatic heterocycles. The lowest BCUT2D eigenvalue weighted by Crippen LogP contribution is -2.17. The molecule has 0 aliphatic heterocycles. The Kier molecular flexibility index (Phi) is 4.72. The van der Waals surface area contributed by atoms with Crippen LogP contribution < -0.4 is 10.9 Å². The molecule has 2 bridgehead atoms. The second-order valence-electron chi connectivity index (χ2n) is 7.78. The van der Waals surface area contributed by atoms with E-state index in [1.165, 1.54) is 32.3 Å². The number of nitrogens with one attached hydrogen (secondary N) is 1. The van der Waals surface area contributed by atoms with Gasteiger partial charge in [-0.25, -0.2) is 4.79 Å². The van der Waals surface area contributed by atoms with Gasteiger partial charge in [0.2, 0.25) is 5.91 Å². The van der Waals surface area contributed by atoms with Gasteiger partial charge in [0.05, 0.1) is 0 Å². The Morgan fingerprint density at radius 2 is 2.07 bits per heavy atom. The molecule has 142 valence electrons. The van der Waals surface area contributed by atoms with Crippen LogP contribution in [0.1, 0.15) is 44.6 Å². The number of amides is 1. The maximum absolute atomic E-state index is 12.3. The highest BCUT2D eigenvalue weighted by Gasteiger charge is 2.40. The van der Waals surface area contributed by atoms with Crippen LogP contribution in [0.2, 0.25) is 0 Å². The Morgan fingerprint density at radius 3 is 2.78 bits per heavy atom. The molecule has 1 N–H and O–H groups in total. The number of carbonyl (C=O) groups excluding carboxylic acids is 2. The van der Waals surface area contributed by atoms with Crippen LogP contribution in [-0.4, -0.2) is 11.9 Å². The number of benzene rings is 1. The van der Waals surface area contributed by atoms with Gasteiger partial charge < -0.3 is 14.5 Å². The molecule has 6 nitrogen and oxygen atoms in total. The molecule has 1 aromatic carbocycles. The summed E-state index contributed by atoms with van der Waals surface area (Å²) in [7, 11) is 0. The first-order valence-electron chi connectivity index (χ1n) is 9.48. The maximum atomic E-state index is 12.3. The molecule has 4 rings (SSSR count). The first-order valence-corrected chi connectivity index (χ1v) is 9.48. The van der Waals surface area contributed by atoms with Crippen molar-refractivity contribution in [2.45, 2.75) is 45.6 Å². The van der Waals surface area contributed by atoms with Crippen LogP contribution in [0.5, 0.6) is 0 Å².